The maximum atomic E-state index is 12.4. The number of benzene rings is 1. The number of nitrogens with one attached hydrogen (secondary N) is 2. The first kappa shape index (κ1) is 12.9. The number of aromatic amines is 1. The molecule has 0 fully saturated rings. The van der Waals surface area contributed by atoms with Gasteiger partial charge >= 0.3 is 0 Å². The van der Waals surface area contributed by atoms with Crippen molar-refractivity contribution in [2.45, 2.75) is 38.6 Å². The summed E-state index contributed by atoms with van der Waals surface area (Å²) in [6.07, 6.45) is 4.27. The Kier molecular flexibility index (Phi) is 3.54. The Labute approximate surface area is 118 Å². The highest BCUT2D eigenvalue weighted by Crippen LogP contribution is 2.22. The molecule has 1 aliphatic carbocycles. The first-order valence-corrected chi connectivity index (χ1v) is 7.17. The van der Waals surface area contributed by atoms with Crippen LogP contribution in [0.4, 0.5) is 0 Å². The van der Waals surface area contributed by atoms with Crippen LogP contribution >= 0.6 is 0 Å². The van der Waals surface area contributed by atoms with E-state index in [1.807, 2.05) is 37.3 Å². The SMILES string of the molecule is CC(NC(=O)c1n[nH]c2c1CCCC2)c1ccccc1. The van der Waals surface area contributed by atoms with E-state index in [1.165, 1.54) is 6.42 Å². The van der Waals surface area contributed by atoms with Gasteiger partial charge < -0.3 is 5.32 Å². The Balaban J connectivity index is 1.75. The van der Waals surface area contributed by atoms with Crippen molar-refractivity contribution < 1.29 is 4.79 Å². The van der Waals surface area contributed by atoms with Gasteiger partial charge in [-0.25, -0.2) is 0 Å². The van der Waals surface area contributed by atoms with Crippen molar-refractivity contribution in [3.8, 4) is 0 Å². The van der Waals surface area contributed by atoms with Gasteiger partial charge in [-0.1, -0.05) is 30.3 Å². The van der Waals surface area contributed by atoms with Crippen molar-refractivity contribution in [2.24, 2.45) is 0 Å². The molecule has 0 spiro atoms. The lowest BCUT2D eigenvalue weighted by Crippen LogP contribution is -2.28. The molecule has 1 aromatic heterocycles. The van der Waals surface area contributed by atoms with Gasteiger partial charge in [-0.15, -0.1) is 0 Å². The number of fused-ring (bicyclic) bond motifs is 1. The lowest BCUT2D eigenvalue weighted by atomic mass is 9.95. The molecule has 2 aromatic rings. The number of carbonyl (C=O) groups excluding carboxylic acids is 1. The second-order valence-corrected chi connectivity index (χ2v) is 5.34. The van der Waals surface area contributed by atoms with Crippen LogP contribution in [0.15, 0.2) is 30.3 Å². The Bertz CT molecular complexity index is 603. The van der Waals surface area contributed by atoms with Crippen LogP contribution in [0.1, 0.15) is 53.1 Å². The van der Waals surface area contributed by atoms with E-state index in [9.17, 15) is 4.79 Å². The molecule has 0 saturated heterocycles. The fraction of sp³-hybridized carbons (Fsp3) is 0.375. The van der Waals surface area contributed by atoms with Crippen LogP contribution in [-0.2, 0) is 12.8 Å². The number of rotatable bonds is 3. The minimum absolute atomic E-state index is 0.0142. The van der Waals surface area contributed by atoms with Crippen molar-refractivity contribution in [3.63, 3.8) is 0 Å². The molecule has 2 N–H and O–H groups in total. The molecular weight excluding hydrogens is 250 g/mol. The number of carbonyl (C=O) groups is 1. The van der Waals surface area contributed by atoms with Crippen molar-refractivity contribution in [3.05, 3.63) is 52.8 Å². The van der Waals surface area contributed by atoms with E-state index in [4.69, 9.17) is 0 Å². The highest BCUT2D eigenvalue weighted by Gasteiger charge is 2.22. The zero-order valence-corrected chi connectivity index (χ0v) is 11.6. The van der Waals surface area contributed by atoms with Gasteiger partial charge in [0.05, 0.1) is 6.04 Å². The summed E-state index contributed by atoms with van der Waals surface area (Å²) in [7, 11) is 0. The molecule has 0 radical (unpaired) electrons. The van der Waals surface area contributed by atoms with Crippen LogP contribution < -0.4 is 5.32 Å². The van der Waals surface area contributed by atoms with Crippen molar-refractivity contribution in [1.29, 1.82) is 0 Å². The minimum Gasteiger partial charge on any atom is -0.344 e. The predicted octanol–water partition coefficient (Wildman–Crippen LogP) is 2.78. The van der Waals surface area contributed by atoms with Crippen molar-refractivity contribution >= 4 is 5.91 Å². The van der Waals surface area contributed by atoms with E-state index >= 15 is 0 Å². The molecule has 0 bridgehead atoms. The third-order valence-electron chi connectivity index (χ3n) is 3.92. The van der Waals surface area contributed by atoms with Crippen molar-refractivity contribution in [2.75, 3.05) is 0 Å². The second kappa shape index (κ2) is 5.49. The standard InChI is InChI=1S/C16H19N3O/c1-11(12-7-3-2-4-8-12)17-16(20)15-13-9-5-6-10-14(13)18-19-15/h2-4,7-8,11H,5-6,9-10H2,1H3,(H,17,20)(H,18,19). The molecule has 4 nitrogen and oxygen atoms in total. The van der Waals surface area contributed by atoms with Gasteiger partial charge in [0.1, 0.15) is 0 Å². The third kappa shape index (κ3) is 2.46. The first-order chi connectivity index (χ1) is 9.75. The quantitative estimate of drug-likeness (QED) is 0.900. The van der Waals surface area contributed by atoms with Crippen LogP contribution in [0.3, 0.4) is 0 Å². The number of aryl methyl sites for hydroxylation is 1. The van der Waals surface area contributed by atoms with E-state index in [-0.39, 0.29) is 11.9 Å². The lowest BCUT2D eigenvalue weighted by molar-refractivity contribution is 0.0933. The molecule has 20 heavy (non-hydrogen) atoms. The zero-order valence-electron chi connectivity index (χ0n) is 11.6. The van der Waals surface area contributed by atoms with Gasteiger partial charge in [-0.3, -0.25) is 9.89 Å². The zero-order chi connectivity index (χ0) is 13.9. The molecule has 0 aliphatic heterocycles. The van der Waals surface area contributed by atoms with E-state index in [1.54, 1.807) is 0 Å². The molecule has 3 rings (SSSR count). The summed E-state index contributed by atoms with van der Waals surface area (Å²) in [5, 5.41) is 10.2. The fourth-order valence-corrected chi connectivity index (χ4v) is 2.76. The van der Waals surface area contributed by atoms with Gasteiger partial charge in [0.2, 0.25) is 0 Å². The van der Waals surface area contributed by atoms with Gasteiger partial charge in [-0.2, -0.15) is 5.10 Å². The Morgan fingerprint density at radius 3 is 2.80 bits per heavy atom. The fourth-order valence-electron chi connectivity index (χ4n) is 2.76. The molecule has 4 heteroatoms. The summed E-state index contributed by atoms with van der Waals surface area (Å²) >= 11 is 0. The topological polar surface area (TPSA) is 57.8 Å². The molecule has 0 saturated carbocycles. The molecule has 1 unspecified atom stereocenters. The van der Waals surface area contributed by atoms with Crippen LogP contribution in [0.25, 0.3) is 0 Å². The largest absolute Gasteiger partial charge is 0.344 e. The molecular formula is C16H19N3O. The number of nitrogens with zero attached hydrogens (tertiary/aromatic N) is 1. The van der Waals surface area contributed by atoms with E-state index < -0.39 is 0 Å². The second-order valence-electron chi connectivity index (χ2n) is 5.34. The number of amides is 1. The molecule has 104 valence electrons. The third-order valence-corrected chi connectivity index (χ3v) is 3.92. The molecule has 1 amide bonds. The van der Waals surface area contributed by atoms with E-state index in [0.717, 1.165) is 36.1 Å². The minimum atomic E-state index is -0.0826. The monoisotopic (exact) mass is 269 g/mol. The summed E-state index contributed by atoms with van der Waals surface area (Å²) in [4.78, 5) is 12.4. The average molecular weight is 269 g/mol. The predicted molar refractivity (Wildman–Crippen MR) is 77.6 cm³/mol. The van der Waals surface area contributed by atoms with E-state index in [0.29, 0.717) is 5.69 Å². The molecule has 1 atom stereocenters. The number of hydrogen-bond donors (Lipinski definition) is 2. The van der Waals surface area contributed by atoms with Crippen LogP contribution in [0.2, 0.25) is 0 Å². The highest BCUT2D eigenvalue weighted by atomic mass is 16.2. The normalized spacial score (nSPS) is 15.4. The van der Waals surface area contributed by atoms with Crippen LogP contribution in [0.5, 0.6) is 0 Å². The summed E-state index contributed by atoms with van der Waals surface area (Å²) < 4.78 is 0. The molecule has 1 aliphatic rings. The molecule has 1 heterocycles. The molecule has 1 aromatic carbocycles. The smallest absolute Gasteiger partial charge is 0.272 e. The maximum Gasteiger partial charge on any atom is 0.272 e. The Morgan fingerprint density at radius 2 is 2.00 bits per heavy atom. The summed E-state index contributed by atoms with van der Waals surface area (Å²) in [6, 6.07) is 9.96. The van der Waals surface area contributed by atoms with E-state index in [2.05, 4.69) is 15.5 Å². The summed E-state index contributed by atoms with van der Waals surface area (Å²) in [5.41, 5.74) is 3.91. The Hall–Kier alpha value is -2.10. The van der Waals surface area contributed by atoms with Crippen LogP contribution in [0, 0.1) is 0 Å². The van der Waals surface area contributed by atoms with Gasteiger partial charge in [-0.05, 0) is 38.2 Å². The van der Waals surface area contributed by atoms with Gasteiger partial charge in [0.25, 0.3) is 5.91 Å². The Morgan fingerprint density at radius 1 is 1.25 bits per heavy atom. The average Bonchev–Trinajstić information content (AvgIpc) is 2.92. The van der Waals surface area contributed by atoms with Crippen molar-refractivity contribution in [1.82, 2.24) is 15.5 Å². The highest BCUT2D eigenvalue weighted by molar-refractivity contribution is 5.94. The number of aromatic nitrogens is 2. The number of H-pyrrole nitrogens is 1. The summed E-state index contributed by atoms with van der Waals surface area (Å²) in [6.45, 7) is 1.99. The van der Waals surface area contributed by atoms with Crippen LogP contribution in [-0.4, -0.2) is 16.1 Å². The lowest BCUT2D eigenvalue weighted by Gasteiger charge is -2.15. The summed E-state index contributed by atoms with van der Waals surface area (Å²) in [5.74, 6) is -0.0826. The van der Waals surface area contributed by atoms with Gasteiger partial charge in [0.15, 0.2) is 5.69 Å². The first-order valence-electron chi connectivity index (χ1n) is 7.17. The maximum absolute atomic E-state index is 12.4. The van der Waals surface area contributed by atoms with Gasteiger partial charge in [0, 0.05) is 11.3 Å². The number of hydrogen-bond acceptors (Lipinski definition) is 2.